The molecule has 4 heteroatoms. The number of amides is 1. The molecule has 0 spiro atoms. The molecule has 2 rings (SSSR count). The summed E-state index contributed by atoms with van der Waals surface area (Å²) in [6.45, 7) is 2.65. The Kier molecular flexibility index (Phi) is 6.81. The molecule has 0 saturated carbocycles. The number of aryl methyl sites for hydroxylation is 1. The standard InChI is InChI=1S/C18H20ClNOS/c1-14-5-7-15(8-6-14)12-20-18(21)9-10-22-13-16-3-2-4-17(19)11-16/h2-8,11H,9-10,12-13H2,1H3,(H,20,21). The lowest BCUT2D eigenvalue weighted by molar-refractivity contribution is -0.120. The van der Waals surface area contributed by atoms with Crippen LogP contribution in [-0.2, 0) is 17.1 Å². The van der Waals surface area contributed by atoms with Gasteiger partial charge in [0.25, 0.3) is 0 Å². The minimum absolute atomic E-state index is 0.0965. The van der Waals surface area contributed by atoms with Gasteiger partial charge in [0.15, 0.2) is 0 Å². The molecule has 0 saturated heterocycles. The van der Waals surface area contributed by atoms with Gasteiger partial charge in [0.05, 0.1) is 0 Å². The molecule has 0 heterocycles. The average Bonchev–Trinajstić information content (AvgIpc) is 2.51. The van der Waals surface area contributed by atoms with Crippen LogP contribution in [-0.4, -0.2) is 11.7 Å². The normalized spacial score (nSPS) is 10.5. The molecule has 116 valence electrons. The van der Waals surface area contributed by atoms with E-state index in [9.17, 15) is 4.79 Å². The number of benzene rings is 2. The smallest absolute Gasteiger partial charge is 0.221 e. The molecule has 0 atom stereocenters. The van der Waals surface area contributed by atoms with Crippen molar-refractivity contribution in [2.24, 2.45) is 0 Å². The molecule has 0 aliphatic rings. The molecule has 2 nitrogen and oxygen atoms in total. The van der Waals surface area contributed by atoms with Crippen molar-refractivity contribution in [2.45, 2.75) is 25.6 Å². The third-order valence-corrected chi connectivity index (χ3v) is 4.51. The lowest BCUT2D eigenvalue weighted by Gasteiger charge is -2.06. The molecule has 2 aromatic carbocycles. The fourth-order valence-corrected chi connectivity index (χ4v) is 3.08. The number of carbonyl (C=O) groups excluding carboxylic acids is 1. The summed E-state index contributed by atoms with van der Waals surface area (Å²) in [5.74, 6) is 1.79. The van der Waals surface area contributed by atoms with Gasteiger partial charge in [-0.1, -0.05) is 53.6 Å². The molecule has 0 aliphatic heterocycles. The Morgan fingerprint density at radius 2 is 1.91 bits per heavy atom. The van der Waals surface area contributed by atoms with E-state index in [0.29, 0.717) is 13.0 Å². The minimum Gasteiger partial charge on any atom is -0.352 e. The molecule has 0 fully saturated rings. The van der Waals surface area contributed by atoms with Crippen molar-refractivity contribution in [3.63, 3.8) is 0 Å². The Morgan fingerprint density at radius 3 is 2.64 bits per heavy atom. The second-order valence-electron chi connectivity index (χ2n) is 5.19. The first-order chi connectivity index (χ1) is 10.6. The third-order valence-electron chi connectivity index (χ3n) is 3.24. The molecule has 1 N–H and O–H groups in total. The van der Waals surface area contributed by atoms with Gasteiger partial charge in [-0.3, -0.25) is 4.79 Å². The van der Waals surface area contributed by atoms with Crippen molar-refractivity contribution in [3.05, 3.63) is 70.2 Å². The van der Waals surface area contributed by atoms with E-state index in [0.717, 1.165) is 22.1 Å². The summed E-state index contributed by atoms with van der Waals surface area (Å²) in [5, 5.41) is 3.71. The van der Waals surface area contributed by atoms with Gasteiger partial charge in [0, 0.05) is 29.5 Å². The largest absolute Gasteiger partial charge is 0.352 e. The van der Waals surface area contributed by atoms with Gasteiger partial charge in [-0.25, -0.2) is 0 Å². The van der Waals surface area contributed by atoms with E-state index in [1.807, 2.05) is 30.3 Å². The number of hydrogen-bond donors (Lipinski definition) is 1. The molecule has 0 aromatic heterocycles. The second kappa shape index (κ2) is 8.86. The number of rotatable bonds is 7. The van der Waals surface area contributed by atoms with E-state index in [-0.39, 0.29) is 5.91 Å². The zero-order chi connectivity index (χ0) is 15.8. The number of hydrogen-bond acceptors (Lipinski definition) is 2. The van der Waals surface area contributed by atoms with Crippen molar-refractivity contribution >= 4 is 29.3 Å². The highest BCUT2D eigenvalue weighted by Crippen LogP contribution is 2.17. The van der Waals surface area contributed by atoms with Gasteiger partial charge >= 0.3 is 0 Å². The molecule has 22 heavy (non-hydrogen) atoms. The lowest BCUT2D eigenvalue weighted by atomic mass is 10.1. The molecule has 0 radical (unpaired) electrons. The van der Waals surface area contributed by atoms with Crippen LogP contribution in [0.25, 0.3) is 0 Å². The molecule has 1 amide bonds. The highest BCUT2D eigenvalue weighted by Gasteiger charge is 2.02. The van der Waals surface area contributed by atoms with Crippen molar-refractivity contribution in [2.75, 3.05) is 5.75 Å². The highest BCUT2D eigenvalue weighted by atomic mass is 35.5. The first-order valence-corrected chi connectivity index (χ1v) is 8.81. The van der Waals surface area contributed by atoms with Gasteiger partial charge in [-0.15, -0.1) is 0 Å². The minimum atomic E-state index is 0.0965. The van der Waals surface area contributed by atoms with Crippen LogP contribution >= 0.6 is 23.4 Å². The summed E-state index contributed by atoms with van der Waals surface area (Å²) in [6.07, 6.45) is 0.539. The fourth-order valence-electron chi connectivity index (χ4n) is 1.98. The molecule has 0 unspecified atom stereocenters. The molecule has 2 aromatic rings. The van der Waals surface area contributed by atoms with E-state index in [1.165, 1.54) is 11.1 Å². The van der Waals surface area contributed by atoms with Gasteiger partial charge in [-0.2, -0.15) is 11.8 Å². The Hall–Kier alpha value is -1.45. The number of carbonyl (C=O) groups is 1. The SMILES string of the molecule is Cc1ccc(CNC(=O)CCSCc2cccc(Cl)c2)cc1. The summed E-state index contributed by atoms with van der Waals surface area (Å²) in [5.41, 5.74) is 3.55. The van der Waals surface area contributed by atoms with Gasteiger partial charge < -0.3 is 5.32 Å². The number of halogens is 1. The van der Waals surface area contributed by atoms with E-state index < -0.39 is 0 Å². The summed E-state index contributed by atoms with van der Waals surface area (Å²) in [6, 6.07) is 16.0. The molecular formula is C18H20ClNOS. The summed E-state index contributed by atoms with van der Waals surface area (Å²) >= 11 is 7.69. The van der Waals surface area contributed by atoms with Crippen molar-refractivity contribution < 1.29 is 4.79 Å². The van der Waals surface area contributed by atoms with Crippen molar-refractivity contribution in [1.82, 2.24) is 5.32 Å². The Bertz CT molecular complexity index is 613. The Morgan fingerprint density at radius 1 is 1.14 bits per heavy atom. The van der Waals surface area contributed by atoms with Crippen molar-refractivity contribution in [3.8, 4) is 0 Å². The first-order valence-electron chi connectivity index (χ1n) is 7.28. The quantitative estimate of drug-likeness (QED) is 0.751. The average molecular weight is 334 g/mol. The van der Waals surface area contributed by atoms with E-state index in [2.05, 4.69) is 30.4 Å². The summed E-state index contributed by atoms with van der Waals surface area (Å²) in [4.78, 5) is 11.8. The predicted octanol–water partition coefficient (Wildman–Crippen LogP) is 4.59. The van der Waals surface area contributed by atoms with E-state index in [4.69, 9.17) is 11.6 Å². The van der Waals surface area contributed by atoms with E-state index >= 15 is 0 Å². The Labute approximate surface area is 141 Å². The third kappa shape index (κ3) is 6.12. The topological polar surface area (TPSA) is 29.1 Å². The van der Waals surface area contributed by atoms with Crippen LogP contribution < -0.4 is 5.32 Å². The maximum absolute atomic E-state index is 11.8. The van der Waals surface area contributed by atoms with Crippen LogP contribution in [0.3, 0.4) is 0 Å². The lowest BCUT2D eigenvalue weighted by Crippen LogP contribution is -2.22. The maximum atomic E-state index is 11.8. The first kappa shape index (κ1) is 16.9. The summed E-state index contributed by atoms with van der Waals surface area (Å²) in [7, 11) is 0. The molecule has 0 aliphatic carbocycles. The molecule has 0 bridgehead atoms. The maximum Gasteiger partial charge on any atom is 0.221 e. The van der Waals surface area contributed by atoms with Crippen LogP contribution in [0.5, 0.6) is 0 Å². The fraction of sp³-hybridized carbons (Fsp3) is 0.278. The predicted molar refractivity (Wildman–Crippen MR) is 95.3 cm³/mol. The second-order valence-corrected chi connectivity index (χ2v) is 6.74. The van der Waals surface area contributed by atoms with Crippen LogP contribution in [0, 0.1) is 6.92 Å². The van der Waals surface area contributed by atoms with Crippen LogP contribution in [0.2, 0.25) is 5.02 Å². The summed E-state index contributed by atoms with van der Waals surface area (Å²) < 4.78 is 0. The molecular weight excluding hydrogens is 314 g/mol. The van der Waals surface area contributed by atoms with Gasteiger partial charge in [0.2, 0.25) is 5.91 Å². The van der Waals surface area contributed by atoms with Gasteiger partial charge in [0.1, 0.15) is 0 Å². The Balaban J connectivity index is 1.62. The zero-order valence-electron chi connectivity index (χ0n) is 12.6. The zero-order valence-corrected chi connectivity index (χ0v) is 14.2. The number of nitrogens with one attached hydrogen (secondary N) is 1. The van der Waals surface area contributed by atoms with Gasteiger partial charge in [-0.05, 0) is 30.2 Å². The van der Waals surface area contributed by atoms with Crippen LogP contribution in [0.15, 0.2) is 48.5 Å². The highest BCUT2D eigenvalue weighted by molar-refractivity contribution is 7.98. The monoisotopic (exact) mass is 333 g/mol. The van der Waals surface area contributed by atoms with Crippen LogP contribution in [0.4, 0.5) is 0 Å². The number of thioether (sulfide) groups is 1. The van der Waals surface area contributed by atoms with E-state index in [1.54, 1.807) is 11.8 Å². The van der Waals surface area contributed by atoms with Crippen molar-refractivity contribution in [1.29, 1.82) is 0 Å². The van der Waals surface area contributed by atoms with Crippen LogP contribution in [0.1, 0.15) is 23.1 Å².